The molecule has 1 heterocycles. The van der Waals surface area contributed by atoms with Gasteiger partial charge in [0.25, 0.3) is 0 Å². The highest BCUT2D eigenvalue weighted by atomic mass is 16.7. The molecule has 7 atom stereocenters. The quantitative estimate of drug-likeness (QED) is 0.690. The minimum atomic E-state index is -0.356. The van der Waals surface area contributed by atoms with E-state index in [1.807, 2.05) is 0 Å². The first-order chi connectivity index (χ1) is 12.4. The fourth-order valence-electron chi connectivity index (χ4n) is 8.23. The van der Waals surface area contributed by atoms with Crippen LogP contribution < -0.4 is 0 Å². The van der Waals surface area contributed by atoms with Crippen LogP contribution in [0.25, 0.3) is 0 Å². The highest BCUT2D eigenvalue weighted by Gasteiger charge is 2.62. The lowest BCUT2D eigenvalue weighted by atomic mass is 9.47. The van der Waals surface area contributed by atoms with E-state index in [9.17, 15) is 5.11 Å². The van der Waals surface area contributed by atoms with Crippen molar-refractivity contribution in [2.45, 2.75) is 84.0 Å². The SMILES string of the molecule is CC1(C2CC[C@H]3C4CC=C5CC(O)CCC5(C)C4CCC23C)OCCO1. The van der Waals surface area contributed by atoms with Crippen LogP contribution in [0.15, 0.2) is 11.6 Å². The summed E-state index contributed by atoms with van der Waals surface area (Å²) in [6.45, 7) is 8.78. The number of aliphatic hydroxyl groups excluding tert-OH is 1. The molecular weight excluding hydrogens is 324 g/mol. The number of rotatable bonds is 1. The Balaban J connectivity index is 1.45. The standard InChI is InChI=1S/C23H36O3/c1-21-10-8-16(24)14-15(21)4-5-17-18-6-7-20(23(3)25-12-13-26-23)22(18,2)11-9-19(17)21/h4,16-20,24H,5-14H2,1-3H3/t16?,17?,18-,19?,20?,21?,22?/m0/s1. The Morgan fingerprint density at radius 3 is 2.50 bits per heavy atom. The Kier molecular flexibility index (Phi) is 3.96. The van der Waals surface area contributed by atoms with E-state index < -0.39 is 0 Å². The minimum Gasteiger partial charge on any atom is -0.393 e. The summed E-state index contributed by atoms with van der Waals surface area (Å²) in [5.74, 6) is 2.61. The number of allylic oxidation sites excluding steroid dienone is 1. The zero-order chi connectivity index (χ0) is 18.2. The first-order valence-corrected chi connectivity index (χ1v) is 11.0. The summed E-state index contributed by atoms with van der Waals surface area (Å²) >= 11 is 0. The molecule has 3 heteroatoms. The second kappa shape index (κ2) is 5.81. The van der Waals surface area contributed by atoms with E-state index in [1.54, 1.807) is 5.57 Å². The zero-order valence-electron chi connectivity index (χ0n) is 16.8. The fraction of sp³-hybridized carbons (Fsp3) is 0.913. The summed E-state index contributed by atoms with van der Waals surface area (Å²) in [6, 6.07) is 0. The van der Waals surface area contributed by atoms with Gasteiger partial charge in [0.1, 0.15) is 0 Å². The largest absolute Gasteiger partial charge is 0.393 e. The summed E-state index contributed by atoms with van der Waals surface area (Å²) in [4.78, 5) is 0. The molecule has 6 unspecified atom stereocenters. The molecule has 26 heavy (non-hydrogen) atoms. The van der Waals surface area contributed by atoms with Crippen molar-refractivity contribution in [3.05, 3.63) is 11.6 Å². The lowest BCUT2D eigenvalue weighted by molar-refractivity contribution is -0.214. The molecule has 0 aromatic heterocycles. The monoisotopic (exact) mass is 360 g/mol. The van der Waals surface area contributed by atoms with Crippen molar-refractivity contribution in [3.63, 3.8) is 0 Å². The average molecular weight is 361 g/mol. The summed E-state index contributed by atoms with van der Waals surface area (Å²) in [5.41, 5.74) is 2.27. The maximum Gasteiger partial charge on any atom is 0.169 e. The van der Waals surface area contributed by atoms with Crippen LogP contribution in [0.5, 0.6) is 0 Å². The Bertz CT molecular complexity index is 607. The molecule has 0 amide bonds. The summed E-state index contributed by atoms with van der Waals surface area (Å²) in [7, 11) is 0. The van der Waals surface area contributed by atoms with Gasteiger partial charge in [-0.15, -0.1) is 0 Å². The van der Waals surface area contributed by atoms with Crippen molar-refractivity contribution in [2.24, 2.45) is 34.5 Å². The number of ether oxygens (including phenoxy) is 2. The first kappa shape index (κ1) is 17.7. The van der Waals surface area contributed by atoms with Crippen molar-refractivity contribution >= 4 is 0 Å². The van der Waals surface area contributed by atoms with Gasteiger partial charge >= 0.3 is 0 Å². The van der Waals surface area contributed by atoms with E-state index in [4.69, 9.17) is 9.47 Å². The Morgan fingerprint density at radius 1 is 0.962 bits per heavy atom. The van der Waals surface area contributed by atoms with Gasteiger partial charge in [-0.05, 0) is 86.9 Å². The first-order valence-electron chi connectivity index (χ1n) is 11.0. The van der Waals surface area contributed by atoms with E-state index in [0.29, 0.717) is 16.7 Å². The number of hydrogen-bond acceptors (Lipinski definition) is 3. The molecule has 4 aliphatic carbocycles. The summed E-state index contributed by atoms with van der Waals surface area (Å²) in [5, 5.41) is 10.2. The molecule has 0 aromatic rings. The number of fused-ring (bicyclic) bond motifs is 5. The molecule has 1 saturated heterocycles. The normalized spacial score (nSPS) is 52.8. The Labute approximate surface area is 158 Å². The molecule has 1 N–H and O–H groups in total. The van der Waals surface area contributed by atoms with Gasteiger partial charge < -0.3 is 14.6 Å². The Morgan fingerprint density at radius 2 is 1.73 bits per heavy atom. The maximum absolute atomic E-state index is 10.2. The van der Waals surface area contributed by atoms with Crippen molar-refractivity contribution in [3.8, 4) is 0 Å². The predicted molar refractivity (Wildman–Crippen MR) is 102 cm³/mol. The lowest BCUT2D eigenvalue weighted by Gasteiger charge is -2.58. The third kappa shape index (κ3) is 2.29. The van der Waals surface area contributed by atoms with Crippen LogP contribution in [0.3, 0.4) is 0 Å². The van der Waals surface area contributed by atoms with E-state index in [2.05, 4.69) is 26.8 Å². The minimum absolute atomic E-state index is 0.104. The fourth-order valence-corrected chi connectivity index (χ4v) is 8.23. The molecular formula is C23H36O3. The molecule has 4 fully saturated rings. The third-order valence-corrected chi connectivity index (χ3v) is 9.57. The van der Waals surface area contributed by atoms with Gasteiger partial charge in [0.2, 0.25) is 0 Å². The maximum atomic E-state index is 10.2. The molecule has 146 valence electrons. The van der Waals surface area contributed by atoms with Gasteiger partial charge in [-0.3, -0.25) is 0 Å². The number of hydrogen-bond donors (Lipinski definition) is 1. The highest BCUT2D eigenvalue weighted by molar-refractivity contribution is 5.25. The molecule has 5 aliphatic rings. The van der Waals surface area contributed by atoms with E-state index in [-0.39, 0.29) is 11.9 Å². The molecule has 5 rings (SSSR count). The van der Waals surface area contributed by atoms with Gasteiger partial charge in [-0.2, -0.15) is 0 Å². The van der Waals surface area contributed by atoms with Crippen LogP contribution >= 0.6 is 0 Å². The van der Waals surface area contributed by atoms with Gasteiger partial charge in [-0.25, -0.2) is 0 Å². The van der Waals surface area contributed by atoms with Crippen LogP contribution in [0.1, 0.15) is 72.1 Å². The number of aliphatic hydroxyl groups is 1. The molecule has 1 aliphatic heterocycles. The van der Waals surface area contributed by atoms with Crippen molar-refractivity contribution < 1.29 is 14.6 Å². The smallest absolute Gasteiger partial charge is 0.169 e. The molecule has 3 saturated carbocycles. The van der Waals surface area contributed by atoms with E-state index in [0.717, 1.165) is 43.8 Å². The summed E-state index contributed by atoms with van der Waals surface area (Å²) < 4.78 is 12.3. The summed E-state index contributed by atoms with van der Waals surface area (Å²) in [6.07, 6.45) is 12.0. The van der Waals surface area contributed by atoms with Crippen molar-refractivity contribution in [1.29, 1.82) is 0 Å². The van der Waals surface area contributed by atoms with E-state index in [1.165, 1.54) is 38.5 Å². The van der Waals surface area contributed by atoms with Crippen LogP contribution in [0, 0.1) is 34.5 Å². The Hall–Kier alpha value is -0.380. The molecule has 0 aromatic carbocycles. The van der Waals surface area contributed by atoms with Crippen LogP contribution in [-0.2, 0) is 9.47 Å². The van der Waals surface area contributed by atoms with Gasteiger partial charge in [0.15, 0.2) is 5.79 Å². The second-order valence-corrected chi connectivity index (χ2v) is 10.5. The van der Waals surface area contributed by atoms with Crippen molar-refractivity contribution in [1.82, 2.24) is 0 Å². The highest BCUT2D eigenvalue weighted by Crippen LogP contribution is 2.68. The topological polar surface area (TPSA) is 38.7 Å². The van der Waals surface area contributed by atoms with Gasteiger partial charge in [0.05, 0.1) is 19.3 Å². The average Bonchev–Trinajstić information content (AvgIpc) is 3.19. The van der Waals surface area contributed by atoms with Gasteiger partial charge in [0, 0.05) is 5.92 Å². The van der Waals surface area contributed by atoms with Crippen molar-refractivity contribution in [2.75, 3.05) is 13.2 Å². The third-order valence-electron chi connectivity index (χ3n) is 9.57. The molecule has 3 nitrogen and oxygen atoms in total. The zero-order valence-corrected chi connectivity index (χ0v) is 16.8. The predicted octanol–water partition coefficient (Wildman–Crippen LogP) is 4.69. The van der Waals surface area contributed by atoms with Crippen LogP contribution in [-0.4, -0.2) is 30.2 Å². The molecule has 0 spiro atoms. The second-order valence-electron chi connectivity index (χ2n) is 10.5. The van der Waals surface area contributed by atoms with E-state index >= 15 is 0 Å². The molecule has 0 radical (unpaired) electrons. The van der Waals surface area contributed by atoms with Gasteiger partial charge in [-0.1, -0.05) is 25.5 Å². The lowest BCUT2D eigenvalue weighted by Crippen LogP contribution is -2.53. The van der Waals surface area contributed by atoms with Crippen LogP contribution in [0.4, 0.5) is 0 Å². The molecule has 0 bridgehead atoms. The van der Waals surface area contributed by atoms with Crippen LogP contribution in [0.2, 0.25) is 0 Å².